The summed E-state index contributed by atoms with van der Waals surface area (Å²) in [7, 11) is 2.26. The van der Waals surface area contributed by atoms with E-state index in [1.165, 1.54) is 42.5 Å². The van der Waals surface area contributed by atoms with Crippen LogP contribution in [0.25, 0.3) is 11.3 Å². The van der Waals surface area contributed by atoms with Crippen LogP contribution < -0.4 is 0 Å². The first kappa shape index (κ1) is 20.6. The Bertz CT molecular complexity index is 864. The third kappa shape index (κ3) is 4.47. The van der Waals surface area contributed by atoms with E-state index in [4.69, 9.17) is 0 Å². The molecular weight excluding hydrogens is 370 g/mol. The quantitative estimate of drug-likeness (QED) is 0.591. The van der Waals surface area contributed by atoms with Crippen molar-refractivity contribution in [3.8, 4) is 11.3 Å². The predicted molar refractivity (Wildman–Crippen MR) is 116 cm³/mol. The highest BCUT2D eigenvalue weighted by Crippen LogP contribution is 2.25. The first-order chi connectivity index (χ1) is 13.2. The lowest BCUT2D eigenvalue weighted by Gasteiger charge is -2.24. The van der Waals surface area contributed by atoms with Gasteiger partial charge in [0.2, 0.25) is 0 Å². The van der Waals surface area contributed by atoms with Crippen molar-refractivity contribution in [2.45, 2.75) is 51.7 Å². The third-order valence-electron chi connectivity index (χ3n) is 5.91. The maximum absolute atomic E-state index is 4.63. The molecule has 0 aliphatic heterocycles. The molecule has 1 aliphatic carbocycles. The zero-order chi connectivity index (χ0) is 18.6. The summed E-state index contributed by atoms with van der Waals surface area (Å²) in [6.07, 6.45) is 11.3. The fourth-order valence-corrected chi connectivity index (χ4v) is 4.13. The Kier molecular flexibility index (Phi) is 6.92. The van der Waals surface area contributed by atoms with Gasteiger partial charge < -0.3 is 9.47 Å². The molecule has 0 amide bonds. The second-order valence-corrected chi connectivity index (χ2v) is 7.68. The highest BCUT2D eigenvalue weighted by molar-refractivity contribution is 5.85. The third-order valence-corrected chi connectivity index (χ3v) is 5.91. The average Bonchev–Trinajstić information content (AvgIpc) is 3.43. The molecule has 1 fully saturated rings. The van der Waals surface area contributed by atoms with Gasteiger partial charge in [0.25, 0.3) is 0 Å². The second-order valence-electron chi connectivity index (χ2n) is 7.68. The van der Waals surface area contributed by atoms with Gasteiger partial charge in [0.1, 0.15) is 0 Å². The van der Waals surface area contributed by atoms with Crippen LogP contribution in [0.1, 0.15) is 36.9 Å². The summed E-state index contributed by atoms with van der Waals surface area (Å²) >= 11 is 0. The first-order valence-electron chi connectivity index (χ1n) is 9.99. The van der Waals surface area contributed by atoms with E-state index in [0.717, 1.165) is 31.4 Å². The minimum absolute atomic E-state index is 0. The molecule has 150 valence electrons. The fraction of sp³-hybridized carbons (Fsp3) is 0.455. The van der Waals surface area contributed by atoms with Crippen LogP contribution in [0.2, 0.25) is 0 Å². The van der Waals surface area contributed by atoms with Gasteiger partial charge in [-0.1, -0.05) is 43.2 Å². The van der Waals surface area contributed by atoms with Gasteiger partial charge in [-0.25, -0.2) is 4.98 Å². The van der Waals surface area contributed by atoms with Crippen molar-refractivity contribution < 1.29 is 0 Å². The molecule has 2 aromatic heterocycles. The van der Waals surface area contributed by atoms with Gasteiger partial charge in [0.15, 0.2) is 0 Å². The zero-order valence-electron chi connectivity index (χ0n) is 16.8. The number of benzene rings is 1. The van der Waals surface area contributed by atoms with Crippen LogP contribution in [0, 0.1) is 6.92 Å². The Morgan fingerprint density at radius 3 is 2.61 bits per heavy atom. The smallest absolute Gasteiger partial charge is 0.0951 e. The number of hydrogen-bond acceptors (Lipinski definition) is 3. The van der Waals surface area contributed by atoms with Crippen molar-refractivity contribution in [3.05, 3.63) is 60.3 Å². The lowest BCUT2D eigenvalue weighted by atomic mass is 10.2. The molecule has 0 spiro atoms. The molecule has 0 unspecified atom stereocenters. The van der Waals surface area contributed by atoms with E-state index < -0.39 is 0 Å². The molecular formula is C22H30ClN5. The number of nitrogens with zero attached hydrogens (tertiary/aromatic N) is 5. The molecule has 5 nitrogen and oxygen atoms in total. The first-order valence-corrected chi connectivity index (χ1v) is 9.99. The Labute approximate surface area is 173 Å². The summed E-state index contributed by atoms with van der Waals surface area (Å²) in [5.41, 5.74) is 4.78. The summed E-state index contributed by atoms with van der Waals surface area (Å²) in [6, 6.07) is 11.2. The van der Waals surface area contributed by atoms with Crippen molar-refractivity contribution in [2.75, 3.05) is 13.6 Å². The van der Waals surface area contributed by atoms with Crippen LogP contribution in [-0.4, -0.2) is 43.9 Å². The molecule has 1 aromatic carbocycles. The minimum Gasteiger partial charge on any atom is -0.329 e. The molecule has 1 saturated carbocycles. The van der Waals surface area contributed by atoms with Crippen LogP contribution in [0.5, 0.6) is 0 Å². The van der Waals surface area contributed by atoms with Crippen molar-refractivity contribution in [2.24, 2.45) is 0 Å². The van der Waals surface area contributed by atoms with E-state index in [2.05, 4.69) is 62.5 Å². The lowest BCUT2D eigenvalue weighted by molar-refractivity contribution is 0.237. The molecule has 0 saturated heterocycles. The van der Waals surface area contributed by atoms with Crippen LogP contribution in [0.4, 0.5) is 0 Å². The standard InChI is InChI=1S/C22H29N5.ClH/c1-18-21(14-24-27(18)16-19-8-4-3-5-9-19)22-15-23-17-26(22)13-12-25(2)20-10-6-7-11-20;/h3-5,8-9,14-15,17,20H,6-7,10-13,16H2,1-2H3;1H. The van der Waals surface area contributed by atoms with Gasteiger partial charge in [0.05, 0.1) is 31.0 Å². The van der Waals surface area contributed by atoms with Crippen LogP contribution in [0.15, 0.2) is 49.1 Å². The Morgan fingerprint density at radius 2 is 1.86 bits per heavy atom. The molecule has 0 atom stereocenters. The lowest BCUT2D eigenvalue weighted by Crippen LogP contribution is -2.32. The molecule has 0 bridgehead atoms. The Morgan fingerprint density at radius 1 is 1.11 bits per heavy atom. The maximum atomic E-state index is 4.63. The Hall–Kier alpha value is -2.11. The van der Waals surface area contributed by atoms with Crippen molar-refractivity contribution >= 4 is 12.4 Å². The van der Waals surface area contributed by atoms with Gasteiger partial charge in [-0.2, -0.15) is 5.10 Å². The van der Waals surface area contributed by atoms with Crippen molar-refractivity contribution in [3.63, 3.8) is 0 Å². The molecule has 1 aliphatic rings. The number of halogens is 1. The molecule has 28 heavy (non-hydrogen) atoms. The molecule has 2 heterocycles. The summed E-state index contributed by atoms with van der Waals surface area (Å²) in [4.78, 5) is 6.93. The largest absolute Gasteiger partial charge is 0.329 e. The highest BCUT2D eigenvalue weighted by atomic mass is 35.5. The monoisotopic (exact) mass is 399 g/mol. The molecule has 4 rings (SSSR count). The molecule has 0 N–H and O–H groups in total. The van der Waals surface area contributed by atoms with Crippen molar-refractivity contribution in [1.29, 1.82) is 0 Å². The van der Waals surface area contributed by atoms with E-state index in [1.54, 1.807) is 0 Å². The van der Waals surface area contributed by atoms with Crippen molar-refractivity contribution in [1.82, 2.24) is 24.2 Å². The normalized spacial score (nSPS) is 14.5. The zero-order valence-corrected chi connectivity index (χ0v) is 17.6. The van der Waals surface area contributed by atoms with E-state index in [-0.39, 0.29) is 12.4 Å². The van der Waals surface area contributed by atoms with E-state index >= 15 is 0 Å². The molecule has 6 heteroatoms. The fourth-order valence-electron chi connectivity index (χ4n) is 4.13. The van der Waals surface area contributed by atoms with Gasteiger partial charge in [0, 0.05) is 30.4 Å². The predicted octanol–water partition coefficient (Wildman–Crippen LogP) is 4.40. The highest BCUT2D eigenvalue weighted by Gasteiger charge is 2.20. The minimum atomic E-state index is 0. The summed E-state index contributed by atoms with van der Waals surface area (Å²) < 4.78 is 4.34. The number of imidazole rings is 1. The van der Waals surface area contributed by atoms with Crippen LogP contribution in [-0.2, 0) is 13.1 Å². The second kappa shape index (κ2) is 9.39. The molecule has 3 aromatic rings. The summed E-state index contributed by atoms with van der Waals surface area (Å²) in [5, 5.41) is 4.63. The van der Waals surface area contributed by atoms with Gasteiger partial charge in [-0.15, -0.1) is 12.4 Å². The maximum Gasteiger partial charge on any atom is 0.0951 e. The summed E-state index contributed by atoms with van der Waals surface area (Å²) in [6.45, 7) is 4.97. The van der Waals surface area contributed by atoms with Gasteiger partial charge in [-0.05, 0) is 32.4 Å². The van der Waals surface area contributed by atoms with E-state index in [9.17, 15) is 0 Å². The van der Waals surface area contributed by atoms with Crippen LogP contribution in [0.3, 0.4) is 0 Å². The Balaban J connectivity index is 0.00000225. The van der Waals surface area contributed by atoms with Gasteiger partial charge >= 0.3 is 0 Å². The SMILES string of the molecule is Cc1c(-c2cncn2CCN(C)C2CCCC2)cnn1Cc1ccccc1.Cl. The number of hydrogen-bond donors (Lipinski definition) is 0. The average molecular weight is 400 g/mol. The topological polar surface area (TPSA) is 38.9 Å². The summed E-state index contributed by atoms with van der Waals surface area (Å²) in [5.74, 6) is 0. The molecule has 0 radical (unpaired) electrons. The number of aromatic nitrogens is 4. The van der Waals surface area contributed by atoms with E-state index in [1.807, 2.05) is 24.8 Å². The number of likely N-dealkylation sites (N-methyl/N-ethyl adjacent to an activating group) is 1. The van der Waals surface area contributed by atoms with Gasteiger partial charge in [-0.3, -0.25) is 4.68 Å². The number of rotatable bonds is 7. The van der Waals surface area contributed by atoms with Crippen LogP contribution >= 0.6 is 12.4 Å². The van der Waals surface area contributed by atoms with E-state index in [0.29, 0.717) is 0 Å².